The minimum atomic E-state index is 0. The molecule has 1 unspecified atom stereocenters. The maximum absolute atomic E-state index is 2.53. The number of fused-ring (bicyclic) bond motifs is 2. The van der Waals surface area contributed by atoms with E-state index in [0.29, 0.717) is 11.3 Å². The van der Waals surface area contributed by atoms with E-state index in [1.165, 1.54) is 50.5 Å². The van der Waals surface area contributed by atoms with Crippen LogP contribution in [0, 0.1) is 5.41 Å². The Morgan fingerprint density at radius 3 is 2.48 bits per heavy atom. The Bertz CT molecular complexity index is 525. The van der Waals surface area contributed by atoms with Gasteiger partial charge in [0.25, 0.3) is 0 Å². The van der Waals surface area contributed by atoms with Gasteiger partial charge < -0.3 is 0 Å². The second kappa shape index (κ2) is 6.94. The average Bonchev–Trinajstić information content (AvgIpc) is 2.90. The maximum Gasteiger partial charge on any atom is 0.00273 e. The molecule has 3 rings (SSSR count). The van der Waals surface area contributed by atoms with Crippen LogP contribution in [-0.4, -0.2) is 0 Å². The van der Waals surface area contributed by atoms with Crippen molar-refractivity contribution in [1.29, 1.82) is 0 Å². The second-order valence-corrected chi connectivity index (χ2v) is 7.58. The summed E-state index contributed by atoms with van der Waals surface area (Å²) in [5.41, 5.74) is 6.80. The van der Waals surface area contributed by atoms with Gasteiger partial charge in [0.05, 0.1) is 0 Å². The molecule has 2 aliphatic rings. The quantitative estimate of drug-likeness (QED) is 0.391. The Labute approximate surface area is 149 Å². The van der Waals surface area contributed by atoms with Gasteiger partial charge in [-0.1, -0.05) is 70.7 Å². The summed E-state index contributed by atoms with van der Waals surface area (Å²) in [6.45, 7) is 7.09. The fourth-order valence-corrected chi connectivity index (χ4v) is 3.98. The fraction of sp³-hybridized carbons (Fsp3) is 0.600. The van der Waals surface area contributed by atoms with Crippen molar-refractivity contribution >= 4 is 6.08 Å². The molecule has 0 N–H and O–H groups in total. The van der Waals surface area contributed by atoms with Gasteiger partial charge in [-0.15, -0.1) is 0 Å². The van der Waals surface area contributed by atoms with Crippen molar-refractivity contribution in [3.63, 3.8) is 0 Å². The molecule has 0 saturated carbocycles. The summed E-state index contributed by atoms with van der Waals surface area (Å²) in [5, 5.41) is 0. The third-order valence-electron chi connectivity index (χ3n) is 5.02. The van der Waals surface area contributed by atoms with Crippen LogP contribution < -0.4 is 0 Å². The molecule has 1 heteroatoms. The van der Waals surface area contributed by atoms with Crippen LogP contribution >= 0.6 is 0 Å². The fourth-order valence-electron chi connectivity index (χ4n) is 3.98. The zero-order chi connectivity index (χ0) is 14.2. The molecule has 0 spiro atoms. The third-order valence-corrected chi connectivity index (χ3v) is 5.02. The number of hydrogen-bond donors (Lipinski definition) is 0. The molecule has 0 bridgehead atoms. The number of unbranched alkanes of at least 4 members (excludes halogenated alkanes) is 3. The summed E-state index contributed by atoms with van der Waals surface area (Å²) in [5.74, 6) is 0.691. The molecular formula is C20H28Hf. The topological polar surface area (TPSA) is 0 Å². The van der Waals surface area contributed by atoms with E-state index in [9.17, 15) is 0 Å². The molecule has 21 heavy (non-hydrogen) atoms. The number of benzene rings is 1. The van der Waals surface area contributed by atoms with Gasteiger partial charge in [-0.05, 0) is 46.9 Å². The molecule has 0 amide bonds. The van der Waals surface area contributed by atoms with Crippen molar-refractivity contribution in [1.82, 2.24) is 0 Å². The van der Waals surface area contributed by atoms with Crippen LogP contribution in [0.5, 0.6) is 0 Å². The Kier molecular flexibility index (Phi) is 5.68. The first-order valence-electron chi connectivity index (χ1n) is 8.43. The molecular weight excluding hydrogens is 419 g/mol. The predicted molar refractivity (Wildman–Crippen MR) is 88.2 cm³/mol. The molecule has 0 heterocycles. The molecule has 0 aliphatic heterocycles. The van der Waals surface area contributed by atoms with E-state index in [1.54, 1.807) is 16.7 Å². The second-order valence-electron chi connectivity index (χ2n) is 7.58. The standard InChI is InChI=1S/C20H28.Hf/c1-4-5-6-7-8-15-9-10-16-11-17-13-20(2,3)14-18(17)12-19(15)16;/h9-12,15H,4-8,13-14H2,1-3H3;. The number of rotatable bonds is 5. The SMILES string of the molecule is CCCCCCC1C=Cc2cc3c(cc21)CC(C)(C)C3.[Hf]. The minimum Gasteiger partial charge on any atom is -0.0764 e. The monoisotopic (exact) mass is 448 g/mol. The average molecular weight is 447 g/mol. The molecule has 112 valence electrons. The van der Waals surface area contributed by atoms with Gasteiger partial charge >= 0.3 is 0 Å². The van der Waals surface area contributed by atoms with Gasteiger partial charge in [0, 0.05) is 31.8 Å². The van der Waals surface area contributed by atoms with Gasteiger partial charge in [0.15, 0.2) is 0 Å². The first-order chi connectivity index (χ1) is 9.59. The first kappa shape index (κ1) is 17.2. The predicted octanol–water partition coefficient (Wildman–Crippen LogP) is 5.89. The summed E-state index contributed by atoms with van der Waals surface area (Å²) in [4.78, 5) is 0. The Balaban J connectivity index is 0.00000161. The minimum absolute atomic E-state index is 0. The normalized spacial score (nSPS) is 21.0. The Morgan fingerprint density at radius 2 is 1.76 bits per heavy atom. The van der Waals surface area contributed by atoms with Crippen LogP contribution in [0.25, 0.3) is 6.08 Å². The largest absolute Gasteiger partial charge is 0.0764 e. The summed E-state index contributed by atoms with van der Waals surface area (Å²) in [6.07, 6.45) is 14.2. The van der Waals surface area contributed by atoms with Crippen LogP contribution in [0.3, 0.4) is 0 Å². The smallest absolute Gasteiger partial charge is 0.00273 e. The van der Waals surface area contributed by atoms with E-state index in [2.05, 4.69) is 45.1 Å². The van der Waals surface area contributed by atoms with E-state index in [4.69, 9.17) is 0 Å². The first-order valence-corrected chi connectivity index (χ1v) is 8.43. The van der Waals surface area contributed by atoms with Crippen molar-refractivity contribution in [3.8, 4) is 0 Å². The zero-order valence-electron chi connectivity index (χ0n) is 13.8. The molecule has 1 atom stereocenters. The molecule has 0 radical (unpaired) electrons. The van der Waals surface area contributed by atoms with Gasteiger partial charge in [-0.2, -0.15) is 0 Å². The van der Waals surface area contributed by atoms with Crippen LogP contribution in [-0.2, 0) is 38.7 Å². The maximum atomic E-state index is 2.53. The molecule has 0 nitrogen and oxygen atoms in total. The zero-order valence-corrected chi connectivity index (χ0v) is 17.4. The van der Waals surface area contributed by atoms with Gasteiger partial charge in [0.1, 0.15) is 0 Å². The van der Waals surface area contributed by atoms with Crippen molar-refractivity contribution in [2.45, 2.75) is 71.6 Å². The van der Waals surface area contributed by atoms with Gasteiger partial charge in [-0.3, -0.25) is 0 Å². The van der Waals surface area contributed by atoms with Crippen molar-refractivity contribution in [2.24, 2.45) is 5.41 Å². The van der Waals surface area contributed by atoms with Crippen LogP contribution in [0.15, 0.2) is 18.2 Å². The third kappa shape index (κ3) is 3.78. The summed E-state index contributed by atoms with van der Waals surface area (Å²) < 4.78 is 0. The molecule has 0 aromatic heterocycles. The molecule has 0 saturated heterocycles. The van der Waals surface area contributed by atoms with Crippen molar-refractivity contribution in [3.05, 3.63) is 40.5 Å². The summed E-state index contributed by atoms with van der Waals surface area (Å²) in [7, 11) is 0. The van der Waals surface area contributed by atoms with Gasteiger partial charge in [-0.25, -0.2) is 0 Å². The summed E-state index contributed by atoms with van der Waals surface area (Å²) >= 11 is 0. The molecule has 1 aromatic rings. The Hall–Kier alpha value is -0.170. The molecule has 0 fully saturated rings. The molecule has 1 aromatic carbocycles. The Morgan fingerprint density at radius 1 is 1.05 bits per heavy atom. The number of allylic oxidation sites excluding steroid dienone is 1. The van der Waals surface area contributed by atoms with Crippen molar-refractivity contribution < 1.29 is 25.8 Å². The van der Waals surface area contributed by atoms with E-state index in [-0.39, 0.29) is 25.8 Å². The van der Waals surface area contributed by atoms with Gasteiger partial charge in [0.2, 0.25) is 0 Å². The van der Waals surface area contributed by atoms with E-state index < -0.39 is 0 Å². The number of hydrogen-bond acceptors (Lipinski definition) is 0. The van der Waals surface area contributed by atoms with E-state index in [0.717, 1.165) is 0 Å². The van der Waals surface area contributed by atoms with E-state index >= 15 is 0 Å². The molecule has 2 aliphatic carbocycles. The van der Waals surface area contributed by atoms with Crippen LogP contribution in [0.4, 0.5) is 0 Å². The van der Waals surface area contributed by atoms with Crippen molar-refractivity contribution in [2.75, 3.05) is 0 Å². The van der Waals surface area contributed by atoms with Crippen LogP contribution in [0.2, 0.25) is 0 Å². The van der Waals surface area contributed by atoms with E-state index in [1.807, 2.05) is 0 Å². The van der Waals surface area contributed by atoms with Crippen LogP contribution in [0.1, 0.15) is 81.0 Å². The summed E-state index contributed by atoms with van der Waals surface area (Å²) in [6, 6.07) is 5.01.